The van der Waals surface area contributed by atoms with Crippen molar-refractivity contribution in [2.75, 3.05) is 0 Å². The maximum absolute atomic E-state index is 11.7. The van der Waals surface area contributed by atoms with E-state index in [1.54, 1.807) is 0 Å². The summed E-state index contributed by atoms with van der Waals surface area (Å²) in [6.45, 7) is 4.24. The van der Waals surface area contributed by atoms with Gasteiger partial charge in [-0.2, -0.15) is 9.61 Å². The molecule has 6 heteroatoms. The van der Waals surface area contributed by atoms with E-state index in [4.69, 9.17) is 11.6 Å². The summed E-state index contributed by atoms with van der Waals surface area (Å²) in [4.78, 5) is 16.6. The van der Waals surface area contributed by atoms with E-state index < -0.39 is 0 Å². The zero-order valence-electron chi connectivity index (χ0n) is 9.11. The molecule has 0 aliphatic rings. The average molecular weight is 258 g/mol. The standard InChI is InChI=1S/C10H12ClN3OS/c1-6(2)3-8-13-14-9(15)4-7(5-11)12-10(14)16-8/h4,6H,3,5H2,1-2H3. The highest BCUT2D eigenvalue weighted by Gasteiger charge is 2.09. The van der Waals surface area contributed by atoms with E-state index in [0.717, 1.165) is 11.4 Å². The molecule has 0 unspecified atom stereocenters. The van der Waals surface area contributed by atoms with Crippen LogP contribution in [0.3, 0.4) is 0 Å². The van der Waals surface area contributed by atoms with Gasteiger partial charge in [0.15, 0.2) is 0 Å². The minimum atomic E-state index is -0.160. The molecular formula is C10H12ClN3OS. The van der Waals surface area contributed by atoms with Crippen molar-refractivity contribution < 1.29 is 0 Å². The van der Waals surface area contributed by atoms with Crippen molar-refractivity contribution in [3.05, 3.63) is 27.1 Å². The fourth-order valence-electron chi connectivity index (χ4n) is 1.40. The fraction of sp³-hybridized carbons (Fsp3) is 0.500. The first kappa shape index (κ1) is 11.5. The second-order valence-corrected chi connectivity index (χ2v) is 5.32. The van der Waals surface area contributed by atoms with Gasteiger partial charge in [0.2, 0.25) is 4.96 Å². The first-order chi connectivity index (χ1) is 7.60. The van der Waals surface area contributed by atoms with Gasteiger partial charge in [-0.15, -0.1) is 11.6 Å². The number of aromatic nitrogens is 3. The normalized spacial score (nSPS) is 11.5. The largest absolute Gasteiger partial charge is 0.275 e. The van der Waals surface area contributed by atoms with E-state index in [2.05, 4.69) is 23.9 Å². The lowest BCUT2D eigenvalue weighted by Gasteiger charge is -1.96. The molecule has 0 saturated heterocycles. The Kier molecular flexibility index (Phi) is 3.25. The summed E-state index contributed by atoms with van der Waals surface area (Å²) in [7, 11) is 0. The van der Waals surface area contributed by atoms with E-state index in [-0.39, 0.29) is 11.4 Å². The molecule has 2 rings (SSSR count). The number of nitrogens with zero attached hydrogens (tertiary/aromatic N) is 3. The van der Waals surface area contributed by atoms with E-state index in [9.17, 15) is 4.79 Å². The summed E-state index contributed by atoms with van der Waals surface area (Å²) in [5, 5.41) is 5.18. The molecule has 0 N–H and O–H groups in total. The fourth-order valence-corrected chi connectivity index (χ4v) is 2.66. The van der Waals surface area contributed by atoms with E-state index in [0.29, 0.717) is 16.6 Å². The van der Waals surface area contributed by atoms with Crippen molar-refractivity contribution in [3.63, 3.8) is 0 Å². The summed E-state index contributed by atoms with van der Waals surface area (Å²) >= 11 is 7.12. The molecule has 2 aromatic rings. The predicted octanol–water partition coefficient (Wildman–Crippen LogP) is 2.09. The Morgan fingerprint density at radius 3 is 2.94 bits per heavy atom. The molecule has 0 spiro atoms. The first-order valence-corrected chi connectivity index (χ1v) is 6.40. The van der Waals surface area contributed by atoms with Crippen molar-refractivity contribution in [1.29, 1.82) is 0 Å². The van der Waals surface area contributed by atoms with Crippen LogP contribution in [0, 0.1) is 5.92 Å². The summed E-state index contributed by atoms with van der Waals surface area (Å²) in [6, 6.07) is 1.43. The minimum Gasteiger partial charge on any atom is -0.267 e. The van der Waals surface area contributed by atoms with Gasteiger partial charge < -0.3 is 0 Å². The third kappa shape index (κ3) is 2.25. The van der Waals surface area contributed by atoms with Crippen LogP contribution in [0.4, 0.5) is 0 Å². The van der Waals surface area contributed by atoms with Crippen LogP contribution in [0.5, 0.6) is 0 Å². The number of hydrogen-bond acceptors (Lipinski definition) is 4. The molecule has 0 radical (unpaired) electrons. The third-order valence-electron chi connectivity index (χ3n) is 2.06. The van der Waals surface area contributed by atoms with Gasteiger partial charge in [-0.3, -0.25) is 4.79 Å². The summed E-state index contributed by atoms with van der Waals surface area (Å²) in [5.41, 5.74) is 0.443. The number of fused-ring (bicyclic) bond motifs is 1. The molecule has 86 valence electrons. The smallest absolute Gasteiger partial charge is 0.267 e. The van der Waals surface area contributed by atoms with Crippen molar-refractivity contribution in [2.24, 2.45) is 5.92 Å². The van der Waals surface area contributed by atoms with E-state index in [1.165, 1.54) is 21.9 Å². The van der Waals surface area contributed by atoms with Crippen molar-refractivity contribution in [1.82, 2.24) is 14.6 Å². The van der Waals surface area contributed by atoms with Crippen LogP contribution in [-0.4, -0.2) is 14.6 Å². The first-order valence-electron chi connectivity index (χ1n) is 5.05. The van der Waals surface area contributed by atoms with Crippen LogP contribution in [0.2, 0.25) is 0 Å². The van der Waals surface area contributed by atoms with E-state index >= 15 is 0 Å². The number of hydrogen-bond donors (Lipinski definition) is 0. The monoisotopic (exact) mass is 257 g/mol. The molecule has 0 fully saturated rings. The Balaban J connectivity index is 2.52. The lowest BCUT2D eigenvalue weighted by atomic mass is 10.1. The molecule has 16 heavy (non-hydrogen) atoms. The van der Waals surface area contributed by atoms with Crippen molar-refractivity contribution >= 4 is 27.9 Å². The summed E-state index contributed by atoms with van der Waals surface area (Å²) in [6.07, 6.45) is 0.865. The molecule has 0 aliphatic carbocycles. The van der Waals surface area contributed by atoms with Crippen LogP contribution in [0.25, 0.3) is 4.96 Å². The lowest BCUT2D eigenvalue weighted by molar-refractivity contribution is 0.635. The summed E-state index contributed by atoms with van der Waals surface area (Å²) < 4.78 is 1.35. The average Bonchev–Trinajstić information content (AvgIpc) is 2.59. The van der Waals surface area contributed by atoms with Gasteiger partial charge in [-0.05, 0) is 5.92 Å². The highest BCUT2D eigenvalue weighted by Crippen LogP contribution is 2.15. The topological polar surface area (TPSA) is 47.3 Å². The van der Waals surface area contributed by atoms with Gasteiger partial charge in [0.25, 0.3) is 5.56 Å². The van der Waals surface area contributed by atoms with Gasteiger partial charge >= 0.3 is 0 Å². The number of rotatable bonds is 3. The molecule has 0 saturated carbocycles. The third-order valence-corrected chi connectivity index (χ3v) is 3.26. The van der Waals surface area contributed by atoms with Gasteiger partial charge in [0.05, 0.1) is 11.6 Å². The quantitative estimate of drug-likeness (QED) is 0.791. The Hall–Kier alpha value is -0.940. The number of halogens is 1. The predicted molar refractivity (Wildman–Crippen MR) is 65.2 cm³/mol. The van der Waals surface area contributed by atoms with Crippen LogP contribution >= 0.6 is 22.9 Å². The molecule has 2 heterocycles. The van der Waals surface area contributed by atoms with Crippen molar-refractivity contribution in [3.8, 4) is 0 Å². The Morgan fingerprint density at radius 2 is 2.31 bits per heavy atom. The lowest BCUT2D eigenvalue weighted by Crippen LogP contribution is -2.15. The van der Waals surface area contributed by atoms with Gasteiger partial charge in [-0.1, -0.05) is 25.2 Å². The molecule has 2 aromatic heterocycles. The Labute approximate surface area is 102 Å². The summed E-state index contributed by atoms with van der Waals surface area (Å²) in [5.74, 6) is 0.771. The minimum absolute atomic E-state index is 0.160. The Bertz CT molecular complexity index is 561. The highest BCUT2D eigenvalue weighted by molar-refractivity contribution is 7.16. The second kappa shape index (κ2) is 4.51. The van der Waals surface area contributed by atoms with Gasteiger partial charge in [-0.25, -0.2) is 4.98 Å². The zero-order valence-corrected chi connectivity index (χ0v) is 10.7. The SMILES string of the molecule is CC(C)Cc1nn2c(=O)cc(CCl)nc2s1. The van der Waals surface area contributed by atoms with Crippen LogP contribution in [-0.2, 0) is 12.3 Å². The van der Waals surface area contributed by atoms with Crippen molar-refractivity contribution in [2.45, 2.75) is 26.1 Å². The second-order valence-electron chi connectivity index (χ2n) is 4.01. The number of alkyl halides is 1. The maximum Gasteiger partial charge on any atom is 0.275 e. The van der Waals surface area contributed by atoms with E-state index in [1.807, 2.05) is 0 Å². The molecule has 0 atom stereocenters. The zero-order chi connectivity index (χ0) is 11.7. The van der Waals surface area contributed by atoms with Gasteiger partial charge in [0.1, 0.15) is 5.01 Å². The highest BCUT2D eigenvalue weighted by atomic mass is 35.5. The molecular weight excluding hydrogens is 246 g/mol. The van der Waals surface area contributed by atoms with Crippen LogP contribution < -0.4 is 5.56 Å². The van der Waals surface area contributed by atoms with Gasteiger partial charge in [0, 0.05) is 12.5 Å². The maximum atomic E-state index is 11.7. The molecule has 0 bridgehead atoms. The molecule has 0 amide bonds. The van der Waals surface area contributed by atoms with Crippen LogP contribution in [0.15, 0.2) is 10.9 Å². The Morgan fingerprint density at radius 1 is 1.56 bits per heavy atom. The van der Waals surface area contributed by atoms with Crippen LogP contribution in [0.1, 0.15) is 24.5 Å². The molecule has 4 nitrogen and oxygen atoms in total. The molecule has 0 aromatic carbocycles. The molecule has 0 aliphatic heterocycles.